The van der Waals surface area contributed by atoms with E-state index in [1.807, 2.05) is 30.3 Å². The lowest BCUT2D eigenvalue weighted by molar-refractivity contribution is -0.122. The van der Waals surface area contributed by atoms with E-state index in [0.29, 0.717) is 17.9 Å². The van der Waals surface area contributed by atoms with E-state index < -0.39 is 11.6 Å². The van der Waals surface area contributed by atoms with Crippen molar-refractivity contribution in [2.45, 2.75) is 36.2 Å². The Morgan fingerprint density at radius 2 is 2.00 bits per heavy atom. The van der Waals surface area contributed by atoms with Crippen molar-refractivity contribution in [3.05, 3.63) is 54.0 Å². The number of hydrogen-bond donors (Lipinski definition) is 3. The summed E-state index contributed by atoms with van der Waals surface area (Å²) in [5.74, 6) is 0.626. The topological polar surface area (TPSA) is 104 Å². The van der Waals surface area contributed by atoms with Gasteiger partial charge in [-0.3, -0.25) is 19.8 Å². The van der Waals surface area contributed by atoms with Gasteiger partial charge in [-0.2, -0.15) is 0 Å². The Hall–Kier alpha value is -2.78. The van der Waals surface area contributed by atoms with Crippen LogP contribution in [0.1, 0.15) is 41.9 Å². The molecule has 2 atom stereocenters. The number of imide groups is 1. The van der Waals surface area contributed by atoms with Crippen LogP contribution < -0.4 is 16.0 Å². The molecule has 3 N–H and O–H groups in total. The number of likely N-dealkylation sites (tertiary alicyclic amines) is 1. The third kappa shape index (κ3) is 4.77. The van der Waals surface area contributed by atoms with Crippen molar-refractivity contribution in [3.63, 3.8) is 0 Å². The van der Waals surface area contributed by atoms with Gasteiger partial charge in [-0.15, -0.1) is 11.8 Å². The van der Waals surface area contributed by atoms with E-state index in [0.717, 1.165) is 36.6 Å². The van der Waals surface area contributed by atoms with Crippen molar-refractivity contribution in [1.82, 2.24) is 20.9 Å². The van der Waals surface area contributed by atoms with E-state index in [1.165, 1.54) is 11.8 Å². The smallest absolute Gasteiger partial charge is 0.322 e. The molecule has 1 aromatic heterocycles. The molecule has 1 aromatic carbocycles. The molecule has 0 radical (unpaired) electrons. The number of thioether (sulfide) groups is 1. The van der Waals surface area contributed by atoms with Crippen molar-refractivity contribution in [1.29, 1.82) is 0 Å². The molecule has 2 aliphatic heterocycles. The molecule has 31 heavy (non-hydrogen) atoms. The van der Waals surface area contributed by atoms with Crippen LogP contribution in [0.15, 0.2) is 52.0 Å². The number of nitrogens with one attached hydrogen (secondary N) is 3. The number of carbonyl (C=O) groups is 3. The van der Waals surface area contributed by atoms with Crippen LogP contribution in [0.2, 0.25) is 0 Å². The Morgan fingerprint density at radius 1 is 1.23 bits per heavy atom. The normalized spacial score (nSPS) is 22.2. The van der Waals surface area contributed by atoms with Gasteiger partial charge in [-0.1, -0.05) is 12.1 Å². The minimum atomic E-state index is -1.01. The minimum Gasteiger partial charge on any atom is -0.468 e. The van der Waals surface area contributed by atoms with Crippen LogP contribution in [0.25, 0.3) is 0 Å². The highest BCUT2D eigenvalue weighted by Gasteiger charge is 2.42. The maximum Gasteiger partial charge on any atom is 0.322 e. The molecule has 0 bridgehead atoms. The van der Waals surface area contributed by atoms with E-state index in [1.54, 1.807) is 19.3 Å². The second-order valence-electron chi connectivity index (χ2n) is 8.01. The molecule has 8 nitrogen and oxygen atoms in total. The first-order valence-corrected chi connectivity index (χ1v) is 11.4. The van der Waals surface area contributed by atoms with Gasteiger partial charge in [0.2, 0.25) is 0 Å². The van der Waals surface area contributed by atoms with Crippen LogP contribution in [0, 0.1) is 0 Å². The van der Waals surface area contributed by atoms with Gasteiger partial charge in [-0.05, 0) is 57.1 Å². The van der Waals surface area contributed by atoms with Crippen LogP contribution in [0.4, 0.5) is 4.79 Å². The molecule has 2 aromatic rings. The van der Waals surface area contributed by atoms with Gasteiger partial charge in [0.05, 0.1) is 17.9 Å². The highest BCUT2D eigenvalue weighted by atomic mass is 32.2. The third-order valence-electron chi connectivity index (χ3n) is 5.67. The molecule has 2 fully saturated rings. The number of furan rings is 1. The second-order valence-corrected chi connectivity index (χ2v) is 9.03. The predicted octanol–water partition coefficient (Wildman–Crippen LogP) is 2.54. The highest BCUT2D eigenvalue weighted by molar-refractivity contribution is 7.99. The molecule has 9 heteroatoms. The highest BCUT2D eigenvalue weighted by Crippen LogP contribution is 2.28. The predicted molar refractivity (Wildman–Crippen MR) is 117 cm³/mol. The quantitative estimate of drug-likeness (QED) is 0.429. The zero-order valence-corrected chi connectivity index (χ0v) is 18.2. The first-order chi connectivity index (χ1) is 15.0. The molecule has 2 aliphatic rings. The van der Waals surface area contributed by atoms with Crippen LogP contribution >= 0.6 is 11.8 Å². The van der Waals surface area contributed by atoms with Gasteiger partial charge < -0.3 is 15.1 Å². The molecule has 4 amide bonds. The molecule has 164 valence electrons. The molecule has 0 spiro atoms. The van der Waals surface area contributed by atoms with Gasteiger partial charge in [0, 0.05) is 17.2 Å². The largest absolute Gasteiger partial charge is 0.468 e. The molecular formula is C22H26N4O4S. The van der Waals surface area contributed by atoms with Crippen LogP contribution in [-0.4, -0.2) is 53.7 Å². The average molecular weight is 443 g/mol. The monoisotopic (exact) mass is 442 g/mol. The summed E-state index contributed by atoms with van der Waals surface area (Å²) in [5, 5.41) is 7.96. The number of carbonyl (C=O) groups excluding carboxylic acids is 3. The van der Waals surface area contributed by atoms with Crippen molar-refractivity contribution in [2.75, 3.05) is 25.4 Å². The summed E-state index contributed by atoms with van der Waals surface area (Å²) in [6.45, 7) is 4.09. The van der Waals surface area contributed by atoms with Crippen LogP contribution in [0.3, 0.4) is 0 Å². The van der Waals surface area contributed by atoms with E-state index in [9.17, 15) is 14.4 Å². The molecule has 0 saturated carbocycles. The van der Waals surface area contributed by atoms with Crippen molar-refractivity contribution in [2.24, 2.45) is 0 Å². The third-order valence-corrected chi connectivity index (χ3v) is 7.06. The fraction of sp³-hybridized carbons (Fsp3) is 0.409. The average Bonchev–Trinajstić information content (AvgIpc) is 3.51. The summed E-state index contributed by atoms with van der Waals surface area (Å²) in [7, 11) is 0. The van der Waals surface area contributed by atoms with Crippen LogP contribution in [-0.2, 0) is 4.79 Å². The van der Waals surface area contributed by atoms with Crippen molar-refractivity contribution >= 4 is 29.6 Å². The number of hydrogen-bond acceptors (Lipinski definition) is 6. The SMILES string of the molecule is C[C@]1(CSc2ccccc2C(=O)NC[C@@H](c2ccco2)N2CCCC2)NC(=O)NC1=O. The standard InChI is InChI=1S/C22H26N4O4S/c1-22(20(28)24-21(29)25-22)14-31-18-9-3-2-7-15(18)19(27)23-13-16(17-8-6-12-30-17)26-10-4-5-11-26/h2-3,6-9,12,16H,4-5,10-11,13-14H2,1H3,(H,23,27)(H2,24,25,28,29)/t16-,22+/m0/s1. The summed E-state index contributed by atoms with van der Waals surface area (Å²) in [4.78, 5) is 39.7. The summed E-state index contributed by atoms with van der Waals surface area (Å²) >= 11 is 1.37. The summed E-state index contributed by atoms with van der Waals surface area (Å²) in [6, 6.07) is 10.6. The molecule has 2 saturated heterocycles. The number of nitrogens with zero attached hydrogens (tertiary/aromatic N) is 1. The number of benzene rings is 1. The Labute approximate surface area is 185 Å². The van der Waals surface area contributed by atoms with Gasteiger partial charge in [-0.25, -0.2) is 4.79 Å². The van der Waals surface area contributed by atoms with E-state index in [2.05, 4.69) is 20.9 Å². The first kappa shape index (κ1) is 21.5. The first-order valence-electron chi connectivity index (χ1n) is 10.4. The fourth-order valence-electron chi connectivity index (χ4n) is 3.91. The lowest BCUT2D eigenvalue weighted by atomic mass is 10.1. The molecular weight excluding hydrogens is 416 g/mol. The Bertz CT molecular complexity index is 958. The van der Waals surface area contributed by atoms with Crippen molar-refractivity contribution in [3.8, 4) is 0 Å². The number of urea groups is 1. The lowest BCUT2D eigenvalue weighted by Crippen LogP contribution is -2.46. The van der Waals surface area contributed by atoms with Gasteiger partial charge >= 0.3 is 6.03 Å². The van der Waals surface area contributed by atoms with Crippen molar-refractivity contribution < 1.29 is 18.8 Å². The Kier molecular flexibility index (Phi) is 6.33. The van der Waals surface area contributed by atoms with Gasteiger partial charge in [0.25, 0.3) is 11.8 Å². The van der Waals surface area contributed by atoms with E-state index in [4.69, 9.17) is 4.42 Å². The Balaban J connectivity index is 1.43. The number of rotatable bonds is 8. The second kappa shape index (κ2) is 9.15. The van der Waals surface area contributed by atoms with Gasteiger partial charge in [0.1, 0.15) is 11.3 Å². The molecule has 0 aliphatic carbocycles. The maximum absolute atomic E-state index is 13.0. The van der Waals surface area contributed by atoms with Gasteiger partial charge in [0.15, 0.2) is 0 Å². The van der Waals surface area contributed by atoms with E-state index >= 15 is 0 Å². The summed E-state index contributed by atoms with van der Waals surface area (Å²) in [6.07, 6.45) is 3.95. The van der Waals surface area contributed by atoms with Crippen LogP contribution in [0.5, 0.6) is 0 Å². The summed E-state index contributed by atoms with van der Waals surface area (Å²) < 4.78 is 5.63. The maximum atomic E-state index is 13.0. The fourth-order valence-corrected chi connectivity index (χ4v) is 5.05. The zero-order valence-electron chi connectivity index (χ0n) is 17.3. The zero-order chi connectivity index (χ0) is 21.8. The van der Waals surface area contributed by atoms with E-state index in [-0.39, 0.29) is 17.9 Å². The Morgan fingerprint density at radius 3 is 2.68 bits per heavy atom. The lowest BCUT2D eigenvalue weighted by Gasteiger charge is -2.26. The summed E-state index contributed by atoms with van der Waals surface area (Å²) in [5.41, 5.74) is -0.466. The molecule has 4 rings (SSSR count). The minimum absolute atomic E-state index is 0.00225. The molecule has 0 unspecified atom stereocenters. The molecule has 3 heterocycles. The number of amides is 4.